The molecule has 22 heavy (non-hydrogen) atoms. The number of hydrogen-bond donors (Lipinski definition) is 2. The zero-order valence-electron chi connectivity index (χ0n) is 17.0. The molecule has 0 aromatic heterocycles. The maximum absolute atomic E-state index is 10.8. The number of allylic oxidation sites excluding steroid dienone is 3. The highest BCUT2D eigenvalue weighted by molar-refractivity contribution is 5.60. The molecule has 120 valence electrons. The van der Waals surface area contributed by atoms with Crippen LogP contribution in [0, 0.1) is 19.8 Å². The van der Waals surface area contributed by atoms with Gasteiger partial charge in [-0.1, -0.05) is 30.7 Å². The van der Waals surface area contributed by atoms with Crippen molar-refractivity contribution in [3.8, 4) is 11.5 Å². The van der Waals surface area contributed by atoms with Crippen LogP contribution in [-0.2, 0) is 6.42 Å². The molecule has 2 heteroatoms. The lowest BCUT2D eigenvalue weighted by Crippen LogP contribution is -2.18. The van der Waals surface area contributed by atoms with Crippen LogP contribution in [0.3, 0.4) is 0 Å². The van der Waals surface area contributed by atoms with E-state index in [2.05, 4.69) is 6.58 Å². The Kier molecular flexibility index (Phi) is 3.61. The first-order valence-electron chi connectivity index (χ1n) is 9.41. The molecule has 1 aliphatic rings. The minimum atomic E-state index is -2.16. The number of benzene rings is 1. The van der Waals surface area contributed by atoms with E-state index >= 15 is 0 Å². The van der Waals surface area contributed by atoms with Crippen LogP contribution >= 0.6 is 0 Å². The van der Waals surface area contributed by atoms with E-state index < -0.39 is 6.85 Å². The molecule has 2 atom stereocenters. The second kappa shape index (κ2) is 6.20. The van der Waals surface area contributed by atoms with Gasteiger partial charge in [-0.3, -0.25) is 0 Å². The Morgan fingerprint density at radius 2 is 1.91 bits per heavy atom. The lowest BCUT2D eigenvalue weighted by Gasteiger charge is -2.32. The van der Waals surface area contributed by atoms with Gasteiger partial charge in [0.05, 0.1) is 0 Å². The Balaban J connectivity index is 2.73. The van der Waals surface area contributed by atoms with Gasteiger partial charge in [0.2, 0.25) is 0 Å². The zero-order chi connectivity index (χ0) is 19.1. The summed E-state index contributed by atoms with van der Waals surface area (Å²) >= 11 is 0. The average Bonchev–Trinajstić information content (AvgIpc) is 2.52. The van der Waals surface area contributed by atoms with Gasteiger partial charge in [0.1, 0.15) is 11.5 Å². The molecule has 2 rings (SSSR count). The fourth-order valence-electron chi connectivity index (χ4n) is 3.67. The second-order valence-corrected chi connectivity index (χ2v) is 6.40. The molecule has 0 heterocycles. The van der Waals surface area contributed by atoms with Gasteiger partial charge in [0.15, 0.2) is 0 Å². The van der Waals surface area contributed by atoms with Crippen LogP contribution in [0.15, 0.2) is 23.8 Å². The van der Waals surface area contributed by atoms with E-state index in [4.69, 9.17) is 4.11 Å². The molecule has 1 aromatic rings. The highest BCUT2D eigenvalue weighted by Gasteiger charge is 2.31. The van der Waals surface area contributed by atoms with Crippen molar-refractivity contribution in [3.63, 3.8) is 0 Å². The first kappa shape index (κ1) is 12.8. The van der Waals surface area contributed by atoms with Gasteiger partial charge in [-0.15, -0.1) is 0 Å². The number of hydrogen-bond acceptors (Lipinski definition) is 2. The number of aromatic hydroxyl groups is 2. The van der Waals surface area contributed by atoms with E-state index in [9.17, 15) is 10.2 Å². The minimum Gasteiger partial charge on any atom is -0.507 e. The SMILES string of the molecule is [2H]C([2H])([2H])C1=C[C@H](c2c(O)c(C)c(CC)c(C)c2O)[C@@H](C(=C)C)CC1. The molecule has 0 aliphatic heterocycles. The van der Waals surface area contributed by atoms with Crippen LogP contribution in [0.5, 0.6) is 11.5 Å². The Bertz CT molecular complexity index is 700. The fourth-order valence-corrected chi connectivity index (χ4v) is 3.67. The second-order valence-electron chi connectivity index (χ2n) is 6.40. The van der Waals surface area contributed by atoms with Crippen molar-refractivity contribution in [1.29, 1.82) is 0 Å². The molecule has 0 amide bonds. The van der Waals surface area contributed by atoms with Gasteiger partial charge in [0, 0.05) is 15.6 Å². The summed E-state index contributed by atoms with van der Waals surface area (Å²) in [7, 11) is 0. The quantitative estimate of drug-likeness (QED) is 0.744. The molecule has 1 aromatic carbocycles. The predicted octanol–water partition coefficient (Wildman–Crippen LogP) is 5.29. The largest absolute Gasteiger partial charge is 0.507 e. The predicted molar refractivity (Wildman–Crippen MR) is 92.7 cm³/mol. The standard InChI is InChI=1S/C20H28O2/c1-7-15-13(5)19(21)18(20(22)14(15)6)17-10-12(4)8-9-16(17)11(2)3/h10,16-17,21-22H,2,7-9H2,1,3-6H3/t16-,17+/m1/s1/i4D3. The molecule has 0 bridgehead atoms. The Morgan fingerprint density at radius 1 is 1.32 bits per heavy atom. The molecule has 0 saturated carbocycles. The van der Waals surface area contributed by atoms with Gasteiger partial charge in [-0.2, -0.15) is 0 Å². The smallest absolute Gasteiger partial charge is 0.126 e. The summed E-state index contributed by atoms with van der Waals surface area (Å²) < 4.78 is 23.2. The number of phenolic OH excluding ortho intramolecular Hbond substituents is 2. The summed E-state index contributed by atoms with van der Waals surface area (Å²) in [5, 5.41) is 21.6. The van der Waals surface area contributed by atoms with E-state index in [0.717, 1.165) is 22.3 Å². The van der Waals surface area contributed by atoms with Crippen molar-refractivity contribution >= 4 is 0 Å². The first-order valence-corrected chi connectivity index (χ1v) is 7.91. The van der Waals surface area contributed by atoms with Gasteiger partial charge in [0.25, 0.3) is 0 Å². The molecule has 2 N–H and O–H groups in total. The summed E-state index contributed by atoms with van der Waals surface area (Å²) in [5.41, 5.74) is 4.19. The molecular formula is C20H28O2. The summed E-state index contributed by atoms with van der Waals surface area (Å²) in [5.74, 6) is -0.252. The number of phenols is 2. The lowest BCUT2D eigenvalue weighted by atomic mass is 9.73. The fraction of sp³-hybridized carbons (Fsp3) is 0.500. The third-order valence-electron chi connectivity index (χ3n) is 4.98. The third-order valence-corrected chi connectivity index (χ3v) is 4.98. The minimum absolute atomic E-state index is 0.00539. The van der Waals surface area contributed by atoms with E-state index in [0.29, 0.717) is 30.4 Å². The molecule has 0 spiro atoms. The Morgan fingerprint density at radius 3 is 2.36 bits per heavy atom. The third kappa shape index (κ3) is 2.67. The van der Waals surface area contributed by atoms with Crippen molar-refractivity contribution in [3.05, 3.63) is 46.1 Å². The van der Waals surface area contributed by atoms with Crippen LogP contribution in [0.1, 0.15) is 65.8 Å². The van der Waals surface area contributed by atoms with E-state index in [1.165, 1.54) is 0 Å². The molecule has 1 aliphatic carbocycles. The van der Waals surface area contributed by atoms with Gasteiger partial charge in [-0.05, 0) is 69.5 Å². The van der Waals surface area contributed by atoms with Crippen LogP contribution < -0.4 is 0 Å². The summed E-state index contributed by atoms with van der Waals surface area (Å²) in [6.45, 7) is 9.48. The van der Waals surface area contributed by atoms with Gasteiger partial charge in [-0.25, -0.2) is 0 Å². The summed E-state index contributed by atoms with van der Waals surface area (Å²) in [6.07, 6.45) is 3.56. The highest BCUT2D eigenvalue weighted by atomic mass is 16.3. The van der Waals surface area contributed by atoms with Crippen molar-refractivity contribution in [2.75, 3.05) is 0 Å². The Hall–Kier alpha value is -1.70. The highest BCUT2D eigenvalue weighted by Crippen LogP contribution is 2.49. The van der Waals surface area contributed by atoms with Crippen molar-refractivity contribution in [2.24, 2.45) is 5.92 Å². The maximum atomic E-state index is 10.8. The molecule has 0 radical (unpaired) electrons. The zero-order valence-corrected chi connectivity index (χ0v) is 14.0. The van der Waals surface area contributed by atoms with Crippen molar-refractivity contribution in [2.45, 2.75) is 59.7 Å². The molecule has 0 saturated heterocycles. The van der Waals surface area contributed by atoms with E-state index in [1.807, 2.05) is 27.7 Å². The van der Waals surface area contributed by atoms with Crippen LogP contribution in [0.25, 0.3) is 0 Å². The average molecular weight is 303 g/mol. The first-order chi connectivity index (χ1) is 11.5. The lowest BCUT2D eigenvalue weighted by molar-refractivity contribution is 0.402. The maximum Gasteiger partial charge on any atom is 0.126 e. The molecular weight excluding hydrogens is 272 g/mol. The monoisotopic (exact) mass is 303 g/mol. The van der Waals surface area contributed by atoms with Gasteiger partial charge >= 0.3 is 0 Å². The topological polar surface area (TPSA) is 40.5 Å². The van der Waals surface area contributed by atoms with Crippen LogP contribution in [-0.4, -0.2) is 10.2 Å². The molecule has 0 unspecified atom stereocenters. The number of rotatable bonds is 3. The summed E-state index contributed by atoms with van der Waals surface area (Å²) in [6, 6.07) is 0. The van der Waals surface area contributed by atoms with Gasteiger partial charge < -0.3 is 10.2 Å². The van der Waals surface area contributed by atoms with E-state index in [-0.39, 0.29) is 23.3 Å². The van der Waals surface area contributed by atoms with Crippen molar-refractivity contribution < 1.29 is 14.3 Å². The van der Waals surface area contributed by atoms with Crippen LogP contribution in [0.4, 0.5) is 0 Å². The van der Waals surface area contributed by atoms with Crippen LogP contribution in [0.2, 0.25) is 0 Å². The molecule has 2 nitrogen and oxygen atoms in total. The van der Waals surface area contributed by atoms with Crippen molar-refractivity contribution in [1.82, 2.24) is 0 Å². The normalized spacial score (nSPS) is 24.2. The summed E-state index contributed by atoms with van der Waals surface area (Å²) in [4.78, 5) is 0. The Labute approximate surface area is 138 Å². The van der Waals surface area contributed by atoms with E-state index in [1.54, 1.807) is 6.08 Å². The molecule has 0 fully saturated rings.